The first kappa shape index (κ1) is 12.1. The highest BCUT2D eigenvalue weighted by Gasteiger charge is 2.36. The third-order valence-corrected chi connectivity index (χ3v) is 3.21. The monoisotopic (exact) mass is 207 g/mol. The molecule has 0 aromatic carbocycles. The predicted octanol–water partition coefficient (Wildman–Crippen LogP) is 2.65. The molecule has 1 saturated heterocycles. The first-order valence-corrected chi connectivity index (χ1v) is 5.44. The van der Waals surface area contributed by atoms with Gasteiger partial charge in [0.1, 0.15) is 0 Å². The van der Waals surface area contributed by atoms with Crippen LogP contribution in [0.25, 0.3) is 0 Å². The van der Waals surface area contributed by atoms with Gasteiger partial charge in [-0.3, -0.25) is 0 Å². The van der Waals surface area contributed by atoms with Crippen LogP contribution in [0.4, 0.5) is 0 Å². The summed E-state index contributed by atoms with van der Waals surface area (Å²) in [6.07, 6.45) is 6.04. The van der Waals surface area contributed by atoms with Crippen LogP contribution in [0.5, 0.6) is 0 Å². The zero-order chi connectivity index (χ0) is 11.3. The Hall–Kier alpha value is -1.02. The summed E-state index contributed by atoms with van der Waals surface area (Å²) in [6, 6.07) is 0. The molecule has 1 aliphatic heterocycles. The SMILES string of the molecule is C=C(/C=C\C)C1(C(=C)NC)CCOCC1. The van der Waals surface area contributed by atoms with E-state index >= 15 is 0 Å². The maximum Gasteiger partial charge on any atom is 0.0478 e. The fourth-order valence-electron chi connectivity index (χ4n) is 2.14. The van der Waals surface area contributed by atoms with Gasteiger partial charge in [0, 0.05) is 31.4 Å². The third kappa shape index (κ3) is 2.32. The second-order valence-corrected chi connectivity index (χ2v) is 3.95. The first-order valence-electron chi connectivity index (χ1n) is 5.44. The molecule has 1 rings (SSSR count). The van der Waals surface area contributed by atoms with Crippen LogP contribution < -0.4 is 5.32 Å². The van der Waals surface area contributed by atoms with Crippen LogP contribution >= 0.6 is 0 Å². The van der Waals surface area contributed by atoms with E-state index in [9.17, 15) is 0 Å². The fourth-order valence-corrected chi connectivity index (χ4v) is 2.14. The summed E-state index contributed by atoms with van der Waals surface area (Å²) >= 11 is 0. The lowest BCUT2D eigenvalue weighted by atomic mass is 9.72. The molecule has 0 spiro atoms. The second kappa shape index (κ2) is 5.17. The molecule has 2 heteroatoms. The van der Waals surface area contributed by atoms with Gasteiger partial charge in [0.25, 0.3) is 0 Å². The standard InChI is InChI=1S/C13H21NO/c1-5-6-11(2)13(12(3)14-4)7-9-15-10-8-13/h5-6,14H,2-3,7-10H2,1,4H3/b6-5-. The zero-order valence-electron chi connectivity index (χ0n) is 9.81. The molecule has 0 amide bonds. The molecule has 1 aliphatic rings. The molecule has 1 N–H and O–H groups in total. The van der Waals surface area contributed by atoms with Gasteiger partial charge in [0.2, 0.25) is 0 Å². The van der Waals surface area contributed by atoms with Crippen LogP contribution in [0.1, 0.15) is 19.8 Å². The average molecular weight is 207 g/mol. The molecule has 1 fully saturated rings. The van der Waals surface area contributed by atoms with Crippen LogP contribution in [0.3, 0.4) is 0 Å². The van der Waals surface area contributed by atoms with Crippen LogP contribution in [0.2, 0.25) is 0 Å². The summed E-state index contributed by atoms with van der Waals surface area (Å²) in [5.74, 6) is 0. The molecule has 0 radical (unpaired) electrons. The maximum atomic E-state index is 5.41. The molecule has 0 aromatic rings. The van der Waals surface area contributed by atoms with Crippen molar-refractivity contribution in [2.75, 3.05) is 20.3 Å². The molecular formula is C13H21NO. The van der Waals surface area contributed by atoms with E-state index < -0.39 is 0 Å². The van der Waals surface area contributed by atoms with Crippen LogP contribution in [0.15, 0.2) is 36.6 Å². The average Bonchev–Trinajstić information content (AvgIpc) is 2.29. The van der Waals surface area contributed by atoms with Crippen molar-refractivity contribution in [1.29, 1.82) is 0 Å². The van der Waals surface area contributed by atoms with Crippen LogP contribution in [-0.2, 0) is 4.74 Å². The van der Waals surface area contributed by atoms with Gasteiger partial charge in [-0.05, 0) is 25.3 Å². The van der Waals surface area contributed by atoms with Gasteiger partial charge in [-0.2, -0.15) is 0 Å². The quantitative estimate of drug-likeness (QED) is 0.716. The highest BCUT2D eigenvalue weighted by atomic mass is 16.5. The molecule has 0 bridgehead atoms. The van der Waals surface area contributed by atoms with Crippen molar-refractivity contribution in [2.45, 2.75) is 19.8 Å². The van der Waals surface area contributed by atoms with Gasteiger partial charge in [-0.1, -0.05) is 25.3 Å². The molecule has 0 atom stereocenters. The van der Waals surface area contributed by atoms with Gasteiger partial charge in [0.05, 0.1) is 0 Å². The minimum absolute atomic E-state index is 0.0144. The van der Waals surface area contributed by atoms with E-state index in [2.05, 4.69) is 24.6 Å². The summed E-state index contributed by atoms with van der Waals surface area (Å²) in [7, 11) is 1.92. The highest BCUT2D eigenvalue weighted by Crippen LogP contribution is 2.42. The van der Waals surface area contributed by atoms with E-state index in [1.54, 1.807) is 0 Å². The molecule has 0 saturated carbocycles. The van der Waals surface area contributed by atoms with E-state index in [1.807, 2.05) is 20.0 Å². The van der Waals surface area contributed by atoms with Crippen molar-refractivity contribution in [3.05, 3.63) is 36.6 Å². The largest absolute Gasteiger partial charge is 0.391 e. The van der Waals surface area contributed by atoms with Crippen LogP contribution in [0, 0.1) is 5.41 Å². The van der Waals surface area contributed by atoms with Crippen molar-refractivity contribution in [3.8, 4) is 0 Å². The normalized spacial score (nSPS) is 20.1. The summed E-state index contributed by atoms with van der Waals surface area (Å²) < 4.78 is 5.41. The number of hydrogen-bond donors (Lipinski definition) is 1. The minimum Gasteiger partial charge on any atom is -0.391 e. The summed E-state index contributed by atoms with van der Waals surface area (Å²) in [5.41, 5.74) is 2.17. The van der Waals surface area contributed by atoms with Crippen molar-refractivity contribution < 1.29 is 4.74 Å². The van der Waals surface area contributed by atoms with E-state index in [0.29, 0.717) is 0 Å². The molecule has 0 unspecified atom stereocenters. The Balaban J connectivity index is 2.94. The summed E-state index contributed by atoms with van der Waals surface area (Å²) in [4.78, 5) is 0. The second-order valence-electron chi connectivity index (χ2n) is 3.95. The van der Waals surface area contributed by atoms with Gasteiger partial charge in [-0.25, -0.2) is 0 Å². The van der Waals surface area contributed by atoms with Crippen molar-refractivity contribution >= 4 is 0 Å². The molecule has 84 valence electrons. The maximum absolute atomic E-state index is 5.41. The Bertz CT molecular complexity index is 272. The highest BCUT2D eigenvalue weighted by molar-refractivity contribution is 5.33. The fraction of sp³-hybridized carbons (Fsp3) is 0.538. The summed E-state index contributed by atoms with van der Waals surface area (Å²) in [6.45, 7) is 11.9. The molecule has 0 aromatic heterocycles. The molecule has 15 heavy (non-hydrogen) atoms. The number of rotatable bonds is 4. The number of nitrogens with one attached hydrogen (secondary N) is 1. The predicted molar refractivity (Wildman–Crippen MR) is 64.6 cm³/mol. The van der Waals surface area contributed by atoms with E-state index in [1.165, 1.54) is 0 Å². The first-order chi connectivity index (χ1) is 7.17. The summed E-state index contributed by atoms with van der Waals surface area (Å²) in [5, 5.41) is 3.17. The number of allylic oxidation sites excluding steroid dienone is 3. The van der Waals surface area contributed by atoms with Gasteiger partial charge < -0.3 is 10.1 Å². The van der Waals surface area contributed by atoms with Crippen molar-refractivity contribution in [2.24, 2.45) is 5.41 Å². The lowest BCUT2D eigenvalue weighted by molar-refractivity contribution is 0.0465. The Morgan fingerprint density at radius 2 is 1.93 bits per heavy atom. The number of hydrogen-bond acceptors (Lipinski definition) is 2. The lowest BCUT2D eigenvalue weighted by Gasteiger charge is -2.39. The smallest absolute Gasteiger partial charge is 0.0478 e. The Labute approximate surface area is 92.7 Å². The van der Waals surface area contributed by atoms with Gasteiger partial charge >= 0.3 is 0 Å². The Morgan fingerprint density at radius 3 is 2.40 bits per heavy atom. The molecule has 2 nitrogen and oxygen atoms in total. The van der Waals surface area contributed by atoms with Gasteiger partial charge in [0.15, 0.2) is 0 Å². The van der Waals surface area contributed by atoms with Crippen LogP contribution in [-0.4, -0.2) is 20.3 Å². The third-order valence-electron chi connectivity index (χ3n) is 3.21. The minimum atomic E-state index is -0.0144. The molecular weight excluding hydrogens is 186 g/mol. The van der Waals surface area contributed by atoms with Crippen molar-refractivity contribution in [3.63, 3.8) is 0 Å². The molecule has 0 aliphatic carbocycles. The Morgan fingerprint density at radius 1 is 1.33 bits per heavy atom. The molecule has 1 heterocycles. The number of ether oxygens (including phenoxy) is 1. The van der Waals surface area contributed by atoms with Crippen molar-refractivity contribution in [1.82, 2.24) is 5.32 Å². The van der Waals surface area contributed by atoms with E-state index in [-0.39, 0.29) is 5.41 Å². The zero-order valence-corrected chi connectivity index (χ0v) is 9.81. The topological polar surface area (TPSA) is 21.3 Å². The van der Waals surface area contributed by atoms with E-state index in [0.717, 1.165) is 37.3 Å². The Kier molecular flexibility index (Phi) is 4.15. The van der Waals surface area contributed by atoms with Gasteiger partial charge in [-0.15, -0.1) is 0 Å². The van der Waals surface area contributed by atoms with E-state index in [4.69, 9.17) is 4.74 Å². The lowest BCUT2D eigenvalue weighted by Crippen LogP contribution is -2.36.